The van der Waals surface area contributed by atoms with Crippen LogP contribution in [0.1, 0.15) is 9.67 Å². The summed E-state index contributed by atoms with van der Waals surface area (Å²) in [6.07, 6.45) is 3.58. The highest BCUT2D eigenvalue weighted by molar-refractivity contribution is 7.21. The van der Waals surface area contributed by atoms with Gasteiger partial charge in [0.15, 0.2) is 4.96 Å². The van der Waals surface area contributed by atoms with E-state index in [1.807, 2.05) is 46.3 Å². The molecular weight excluding hydrogens is 330 g/mol. The van der Waals surface area contributed by atoms with Crippen LogP contribution in [0, 0.1) is 0 Å². The number of rotatable bonds is 2. The maximum Gasteiger partial charge on any atom is 0.280 e. The minimum absolute atomic E-state index is 0.167. The first-order valence-electron chi connectivity index (χ1n) is 6.88. The SMILES string of the molecule is O=C(Nn1cnc2ccccc21)c1cc2c(nc3sccn32)s1. The van der Waals surface area contributed by atoms with Gasteiger partial charge in [-0.2, -0.15) is 0 Å². The molecule has 0 saturated heterocycles. The summed E-state index contributed by atoms with van der Waals surface area (Å²) in [5.41, 5.74) is 5.54. The fourth-order valence-electron chi connectivity index (χ4n) is 2.57. The maximum atomic E-state index is 12.5. The topological polar surface area (TPSA) is 64.2 Å². The molecule has 1 N–H and O–H groups in total. The van der Waals surface area contributed by atoms with Gasteiger partial charge in [-0.25, -0.2) is 14.6 Å². The number of thiazole rings is 1. The van der Waals surface area contributed by atoms with Gasteiger partial charge in [0, 0.05) is 11.6 Å². The van der Waals surface area contributed by atoms with Gasteiger partial charge >= 0.3 is 0 Å². The maximum absolute atomic E-state index is 12.5. The molecule has 0 aliphatic carbocycles. The lowest BCUT2D eigenvalue weighted by Gasteiger charge is -2.04. The Morgan fingerprint density at radius 3 is 3.09 bits per heavy atom. The number of amides is 1. The lowest BCUT2D eigenvalue weighted by molar-refractivity contribution is 0.101. The van der Waals surface area contributed by atoms with Crippen molar-refractivity contribution in [1.82, 2.24) is 19.0 Å². The largest absolute Gasteiger partial charge is 0.289 e. The van der Waals surface area contributed by atoms with Crippen LogP contribution in [0.3, 0.4) is 0 Å². The monoisotopic (exact) mass is 339 g/mol. The Morgan fingerprint density at radius 2 is 2.13 bits per heavy atom. The number of benzene rings is 1. The van der Waals surface area contributed by atoms with E-state index >= 15 is 0 Å². The highest BCUT2D eigenvalue weighted by Gasteiger charge is 2.15. The van der Waals surface area contributed by atoms with E-state index in [1.54, 1.807) is 22.3 Å². The van der Waals surface area contributed by atoms with Gasteiger partial charge in [0.25, 0.3) is 5.91 Å². The van der Waals surface area contributed by atoms with Crippen LogP contribution in [0.25, 0.3) is 26.3 Å². The third-order valence-electron chi connectivity index (χ3n) is 3.64. The van der Waals surface area contributed by atoms with Gasteiger partial charge in [-0.15, -0.1) is 22.7 Å². The number of nitrogens with zero attached hydrogens (tertiary/aromatic N) is 4. The van der Waals surface area contributed by atoms with E-state index < -0.39 is 0 Å². The summed E-state index contributed by atoms with van der Waals surface area (Å²) in [5, 5.41) is 1.98. The molecule has 112 valence electrons. The lowest BCUT2D eigenvalue weighted by atomic mass is 10.3. The van der Waals surface area contributed by atoms with Crippen molar-refractivity contribution in [2.24, 2.45) is 0 Å². The predicted octanol–water partition coefficient (Wildman–Crippen LogP) is 3.34. The van der Waals surface area contributed by atoms with Gasteiger partial charge in [0.05, 0.1) is 21.4 Å². The smallest absolute Gasteiger partial charge is 0.280 e. The van der Waals surface area contributed by atoms with Crippen LogP contribution in [0.15, 0.2) is 48.2 Å². The molecule has 0 spiro atoms. The Labute approximate surface area is 137 Å². The normalized spacial score (nSPS) is 11.7. The molecule has 5 rings (SSSR count). The molecular formula is C15H9N5OS2. The quantitative estimate of drug-likeness (QED) is 0.536. The molecule has 1 amide bonds. The number of para-hydroxylation sites is 2. The first-order chi connectivity index (χ1) is 11.3. The summed E-state index contributed by atoms with van der Waals surface area (Å²) >= 11 is 2.97. The highest BCUT2D eigenvalue weighted by atomic mass is 32.1. The van der Waals surface area contributed by atoms with Crippen LogP contribution in [0.4, 0.5) is 0 Å². The van der Waals surface area contributed by atoms with E-state index in [2.05, 4.69) is 15.4 Å². The van der Waals surface area contributed by atoms with Crippen LogP contribution < -0.4 is 5.43 Å². The van der Waals surface area contributed by atoms with Crippen molar-refractivity contribution in [3.8, 4) is 0 Å². The van der Waals surface area contributed by atoms with E-state index in [4.69, 9.17) is 0 Å². The van der Waals surface area contributed by atoms with Crippen molar-refractivity contribution in [3.63, 3.8) is 0 Å². The summed E-state index contributed by atoms with van der Waals surface area (Å²) in [6.45, 7) is 0. The van der Waals surface area contributed by atoms with Gasteiger partial charge in [-0.05, 0) is 18.2 Å². The molecule has 0 atom stereocenters. The zero-order valence-electron chi connectivity index (χ0n) is 11.6. The van der Waals surface area contributed by atoms with E-state index in [-0.39, 0.29) is 5.91 Å². The second-order valence-corrected chi connectivity index (χ2v) is 6.92. The summed E-state index contributed by atoms with van der Waals surface area (Å²) in [7, 11) is 0. The molecule has 0 aliphatic heterocycles. The minimum atomic E-state index is -0.167. The van der Waals surface area contributed by atoms with E-state index in [0.29, 0.717) is 4.88 Å². The standard InChI is InChI=1S/C15H9N5OS2/c21-13(18-20-8-16-9-3-1-2-4-10(9)20)12-7-11-14(23-12)17-15-19(11)5-6-22-15/h1-8H,(H,18,21). The van der Waals surface area contributed by atoms with Crippen molar-refractivity contribution in [2.45, 2.75) is 0 Å². The van der Waals surface area contributed by atoms with E-state index in [9.17, 15) is 4.79 Å². The third kappa shape index (κ3) is 1.89. The van der Waals surface area contributed by atoms with Gasteiger partial charge in [0.1, 0.15) is 11.2 Å². The number of thiophene rings is 1. The van der Waals surface area contributed by atoms with Crippen molar-refractivity contribution in [3.05, 3.63) is 53.1 Å². The summed E-state index contributed by atoms with van der Waals surface area (Å²) < 4.78 is 3.64. The second kappa shape index (κ2) is 4.64. The Bertz CT molecular complexity index is 1180. The molecule has 6 nitrogen and oxygen atoms in total. The molecule has 8 heteroatoms. The number of imidazole rings is 2. The number of nitrogens with one attached hydrogen (secondary N) is 1. The Balaban J connectivity index is 1.53. The fourth-order valence-corrected chi connectivity index (χ4v) is 4.26. The Hall–Kier alpha value is -2.71. The van der Waals surface area contributed by atoms with Crippen LogP contribution >= 0.6 is 22.7 Å². The molecule has 0 unspecified atom stereocenters. The molecule has 4 aromatic heterocycles. The molecule has 1 aromatic carbocycles. The van der Waals surface area contributed by atoms with E-state index in [1.165, 1.54) is 11.3 Å². The average Bonchev–Trinajstić information content (AvgIpc) is 3.28. The van der Waals surface area contributed by atoms with Gasteiger partial charge < -0.3 is 0 Å². The average molecular weight is 339 g/mol. The fraction of sp³-hybridized carbons (Fsp3) is 0. The number of fused-ring (bicyclic) bond motifs is 4. The van der Waals surface area contributed by atoms with Crippen molar-refractivity contribution in [1.29, 1.82) is 0 Å². The van der Waals surface area contributed by atoms with Gasteiger partial charge in [-0.3, -0.25) is 14.6 Å². The Kier molecular flexibility index (Phi) is 2.58. The first kappa shape index (κ1) is 12.8. The molecule has 23 heavy (non-hydrogen) atoms. The van der Waals surface area contributed by atoms with Crippen molar-refractivity contribution >= 4 is 54.9 Å². The zero-order valence-corrected chi connectivity index (χ0v) is 13.3. The third-order valence-corrected chi connectivity index (χ3v) is 5.41. The van der Waals surface area contributed by atoms with Crippen LogP contribution in [-0.4, -0.2) is 25.0 Å². The van der Waals surface area contributed by atoms with Gasteiger partial charge in [0.2, 0.25) is 0 Å². The van der Waals surface area contributed by atoms with Crippen LogP contribution in [0.2, 0.25) is 0 Å². The van der Waals surface area contributed by atoms with Crippen LogP contribution in [0.5, 0.6) is 0 Å². The molecule has 0 fully saturated rings. The molecule has 5 aromatic rings. The molecule has 0 aliphatic rings. The number of carbonyl (C=O) groups excluding carboxylic acids is 1. The summed E-state index contributed by atoms with van der Waals surface area (Å²) in [4.78, 5) is 23.8. The number of hydrogen-bond acceptors (Lipinski definition) is 5. The lowest BCUT2D eigenvalue weighted by Crippen LogP contribution is -2.21. The summed E-state index contributed by atoms with van der Waals surface area (Å²) in [6, 6.07) is 9.54. The van der Waals surface area contributed by atoms with Crippen molar-refractivity contribution < 1.29 is 4.79 Å². The molecule has 0 saturated carbocycles. The number of aromatic nitrogens is 4. The Morgan fingerprint density at radius 1 is 1.22 bits per heavy atom. The number of hydrogen-bond donors (Lipinski definition) is 1. The molecule has 0 radical (unpaired) electrons. The summed E-state index contributed by atoms with van der Waals surface area (Å²) in [5.74, 6) is -0.167. The van der Waals surface area contributed by atoms with Gasteiger partial charge in [-0.1, -0.05) is 12.1 Å². The second-order valence-electron chi connectivity index (χ2n) is 5.01. The first-order valence-corrected chi connectivity index (χ1v) is 8.58. The minimum Gasteiger partial charge on any atom is -0.289 e. The molecule has 0 bridgehead atoms. The molecule has 4 heterocycles. The van der Waals surface area contributed by atoms with Crippen molar-refractivity contribution in [2.75, 3.05) is 5.43 Å². The van der Waals surface area contributed by atoms with Crippen LogP contribution in [-0.2, 0) is 0 Å². The number of carbonyl (C=O) groups is 1. The predicted molar refractivity (Wildman–Crippen MR) is 91.9 cm³/mol. The van der Waals surface area contributed by atoms with E-state index in [0.717, 1.165) is 26.3 Å². The zero-order chi connectivity index (χ0) is 15.4. The highest BCUT2D eigenvalue weighted by Crippen LogP contribution is 2.28.